The van der Waals surface area contributed by atoms with Crippen LogP contribution in [0.3, 0.4) is 0 Å². The molecule has 0 aliphatic carbocycles. The summed E-state index contributed by atoms with van der Waals surface area (Å²) in [6.45, 7) is 4.34. The van der Waals surface area contributed by atoms with Crippen LogP contribution in [-0.2, 0) is 0 Å². The standard InChI is InChI=1S/C21H26N2O/c1-3-10-18-20(23-24)15(2)19(16-11-6-4-7-12-16)22-21(18)17-13-8-5-9-14-17/h4-9,11-15,18-19,21-22,24H,3,10H2,1-2H3/b23-20+/t15-,18-,19-,21+/m0/s1. The van der Waals surface area contributed by atoms with Crippen molar-refractivity contribution in [2.24, 2.45) is 17.0 Å². The fraction of sp³-hybridized carbons (Fsp3) is 0.381. The van der Waals surface area contributed by atoms with Crippen molar-refractivity contribution in [3.05, 3.63) is 71.8 Å². The van der Waals surface area contributed by atoms with Gasteiger partial charge in [-0.1, -0.05) is 86.1 Å². The smallest absolute Gasteiger partial charge is 0.0667 e. The van der Waals surface area contributed by atoms with E-state index in [4.69, 9.17) is 0 Å². The maximum absolute atomic E-state index is 9.75. The molecule has 2 N–H and O–H groups in total. The Labute approximate surface area is 144 Å². The van der Waals surface area contributed by atoms with E-state index in [1.165, 1.54) is 11.1 Å². The van der Waals surface area contributed by atoms with Crippen molar-refractivity contribution < 1.29 is 5.21 Å². The van der Waals surface area contributed by atoms with Crippen LogP contribution >= 0.6 is 0 Å². The Morgan fingerprint density at radius 2 is 1.46 bits per heavy atom. The molecule has 1 aliphatic rings. The number of nitrogens with zero attached hydrogens (tertiary/aromatic N) is 1. The summed E-state index contributed by atoms with van der Waals surface area (Å²) in [4.78, 5) is 0. The molecule has 0 amide bonds. The van der Waals surface area contributed by atoms with Crippen molar-refractivity contribution in [3.8, 4) is 0 Å². The van der Waals surface area contributed by atoms with E-state index in [2.05, 4.69) is 72.9 Å². The Balaban J connectivity index is 2.01. The van der Waals surface area contributed by atoms with Crippen molar-refractivity contribution in [1.29, 1.82) is 0 Å². The average molecular weight is 322 g/mol. The van der Waals surface area contributed by atoms with Crippen LogP contribution in [-0.4, -0.2) is 10.9 Å². The van der Waals surface area contributed by atoms with Crippen LogP contribution < -0.4 is 5.32 Å². The molecular weight excluding hydrogens is 296 g/mol. The van der Waals surface area contributed by atoms with E-state index < -0.39 is 0 Å². The van der Waals surface area contributed by atoms with Crippen LogP contribution in [0.15, 0.2) is 65.8 Å². The van der Waals surface area contributed by atoms with Crippen LogP contribution in [0.25, 0.3) is 0 Å². The van der Waals surface area contributed by atoms with Gasteiger partial charge in [0.05, 0.1) is 5.71 Å². The average Bonchev–Trinajstić information content (AvgIpc) is 2.64. The normalized spacial score (nSPS) is 28.8. The summed E-state index contributed by atoms with van der Waals surface area (Å²) in [6.07, 6.45) is 2.08. The highest BCUT2D eigenvalue weighted by Gasteiger charge is 2.40. The SMILES string of the molecule is CCC[C@H]1/C(=N/O)[C@@H](C)[C@@H](c2ccccc2)N[C@@H]1c1ccccc1. The van der Waals surface area contributed by atoms with Crippen molar-refractivity contribution in [3.63, 3.8) is 0 Å². The number of piperidine rings is 1. The van der Waals surface area contributed by atoms with Gasteiger partial charge >= 0.3 is 0 Å². The van der Waals surface area contributed by atoms with Crippen molar-refractivity contribution in [2.75, 3.05) is 0 Å². The molecule has 1 fully saturated rings. The molecule has 0 unspecified atom stereocenters. The van der Waals surface area contributed by atoms with Gasteiger partial charge in [0.2, 0.25) is 0 Å². The number of rotatable bonds is 4. The van der Waals surface area contributed by atoms with Gasteiger partial charge in [0.1, 0.15) is 0 Å². The van der Waals surface area contributed by atoms with Gasteiger partial charge in [-0.15, -0.1) is 0 Å². The van der Waals surface area contributed by atoms with Gasteiger partial charge in [-0.25, -0.2) is 0 Å². The lowest BCUT2D eigenvalue weighted by Crippen LogP contribution is -2.47. The first kappa shape index (κ1) is 16.7. The minimum Gasteiger partial charge on any atom is -0.411 e. The molecule has 24 heavy (non-hydrogen) atoms. The predicted molar refractivity (Wildman–Crippen MR) is 98.3 cm³/mol. The van der Waals surface area contributed by atoms with E-state index in [0.29, 0.717) is 0 Å². The third-order valence-electron chi connectivity index (χ3n) is 5.14. The molecule has 126 valence electrons. The summed E-state index contributed by atoms with van der Waals surface area (Å²) >= 11 is 0. The molecule has 3 rings (SSSR count). The second-order valence-electron chi connectivity index (χ2n) is 6.65. The fourth-order valence-electron chi connectivity index (χ4n) is 3.96. The largest absolute Gasteiger partial charge is 0.411 e. The Morgan fingerprint density at radius 3 is 1.96 bits per heavy atom. The van der Waals surface area contributed by atoms with Crippen molar-refractivity contribution >= 4 is 5.71 Å². The summed E-state index contributed by atoms with van der Waals surface area (Å²) in [5, 5.41) is 17.3. The summed E-state index contributed by atoms with van der Waals surface area (Å²) in [7, 11) is 0. The molecule has 1 saturated heterocycles. The van der Waals surface area contributed by atoms with Crippen LogP contribution in [0.4, 0.5) is 0 Å². The summed E-state index contributed by atoms with van der Waals surface area (Å²) in [6, 6.07) is 21.3. The van der Waals surface area contributed by atoms with Gasteiger partial charge < -0.3 is 10.5 Å². The minimum absolute atomic E-state index is 0.149. The number of nitrogens with one attached hydrogen (secondary N) is 1. The van der Waals surface area contributed by atoms with Crippen LogP contribution in [0, 0.1) is 11.8 Å². The molecule has 0 spiro atoms. The zero-order valence-corrected chi connectivity index (χ0v) is 14.4. The molecule has 4 atom stereocenters. The van der Waals surface area contributed by atoms with E-state index in [1.807, 2.05) is 12.1 Å². The van der Waals surface area contributed by atoms with E-state index in [9.17, 15) is 5.21 Å². The molecule has 1 heterocycles. The third kappa shape index (κ3) is 3.22. The maximum atomic E-state index is 9.75. The molecule has 3 heteroatoms. The van der Waals surface area contributed by atoms with Gasteiger partial charge in [-0.2, -0.15) is 0 Å². The van der Waals surface area contributed by atoms with Crippen molar-refractivity contribution in [2.45, 2.75) is 38.8 Å². The third-order valence-corrected chi connectivity index (χ3v) is 5.14. The van der Waals surface area contributed by atoms with Gasteiger partial charge in [0.15, 0.2) is 0 Å². The Hall–Kier alpha value is -2.13. The van der Waals surface area contributed by atoms with Gasteiger partial charge in [0.25, 0.3) is 0 Å². The maximum Gasteiger partial charge on any atom is 0.0667 e. The quantitative estimate of drug-likeness (QED) is 0.617. The second kappa shape index (κ2) is 7.63. The number of oxime groups is 1. The summed E-state index contributed by atoms with van der Waals surface area (Å²) in [5.74, 6) is 0.381. The first-order chi connectivity index (χ1) is 11.8. The highest BCUT2D eigenvalue weighted by atomic mass is 16.4. The molecule has 2 aromatic rings. The topological polar surface area (TPSA) is 44.6 Å². The summed E-state index contributed by atoms with van der Waals surface area (Å²) < 4.78 is 0. The lowest BCUT2D eigenvalue weighted by molar-refractivity contribution is 0.258. The summed E-state index contributed by atoms with van der Waals surface area (Å²) in [5.41, 5.74) is 3.41. The minimum atomic E-state index is 0.149. The first-order valence-electron chi connectivity index (χ1n) is 8.84. The molecule has 3 nitrogen and oxygen atoms in total. The highest BCUT2D eigenvalue weighted by molar-refractivity contribution is 5.90. The molecule has 0 saturated carbocycles. The molecule has 1 aliphatic heterocycles. The Morgan fingerprint density at radius 1 is 0.917 bits per heavy atom. The number of hydrogen-bond donors (Lipinski definition) is 2. The lowest BCUT2D eigenvalue weighted by atomic mass is 9.73. The molecule has 0 radical (unpaired) electrons. The monoisotopic (exact) mass is 322 g/mol. The molecule has 0 bridgehead atoms. The second-order valence-corrected chi connectivity index (χ2v) is 6.65. The zero-order valence-electron chi connectivity index (χ0n) is 14.4. The van der Waals surface area contributed by atoms with E-state index >= 15 is 0 Å². The van der Waals surface area contributed by atoms with Gasteiger partial charge in [0, 0.05) is 23.9 Å². The van der Waals surface area contributed by atoms with E-state index in [0.717, 1.165) is 18.6 Å². The fourth-order valence-corrected chi connectivity index (χ4v) is 3.96. The predicted octanol–water partition coefficient (Wildman–Crippen LogP) is 4.95. The van der Waals surface area contributed by atoms with Gasteiger partial charge in [-0.3, -0.25) is 0 Å². The molecule has 2 aromatic carbocycles. The molecule has 0 aromatic heterocycles. The first-order valence-corrected chi connectivity index (χ1v) is 8.84. The van der Waals surface area contributed by atoms with Crippen LogP contribution in [0.5, 0.6) is 0 Å². The zero-order chi connectivity index (χ0) is 16.9. The van der Waals surface area contributed by atoms with Crippen molar-refractivity contribution in [1.82, 2.24) is 5.32 Å². The lowest BCUT2D eigenvalue weighted by Gasteiger charge is -2.42. The highest BCUT2D eigenvalue weighted by Crippen LogP contribution is 2.40. The Bertz CT molecular complexity index is 669. The van der Waals surface area contributed by atoms with Crippen LogP contribution in [0.1, 0.15) is 49.9 Å². The van der Waals surface area contributed by atoms with E-state index in [1.54, 1.807) is 0 Å². The number of hydrogen-bond acceptors (Lipinski definition) is 3. The van der Waals surface area contributed by atoms with E-state index in [-0.39, 0.29) is 23.9 Å². The Kier molecular flexibility index (Phi) is 5.31. The number of benzene rings is 2. The molecular formula is C21H26N2O. The van der Waals surface area contributed by atoms with Gasteiger partial charge in [-0.05, 0) is 17.5 Å². The van der Waals surface area contributed by atoms with Crippen LogP contribution in [0.2, 0.25) is 0 Å².